The van der Waals surface area contributed by atoms with Gasteiger partial charge in [-0.2, -0.15) is 0 Å². The maximum absolute atomic E-state index is 12.6. The summed E-state index contributed by atoms with van der Waals surface area (Å²) in [6.07, 6.45) is -0.683. The highest BCUT2D eigenvalue weighted by atomic mass is 32.1. The Balaban J connectivity index is 1.38. The number of carboxylic acids is 1. The van der Waals surface area contributed by atoms with Crippen molar-refractivity contribution in [2.24, 2.45) is 0 Å². The SMILES string of the molecule is COCCN(CC(=O)O)C(=O)c1csc(NC(=O)OCC2c3ccccc3-c3ccccc32)n1. The molecule has 2 N–H and O–H groups in total. The highest BCUT2D eigenvalue weighted by molar-refractivity contribution is 7.14. The predicted molar refractivity (Wildman–Crippen MR) is 126 cm³/mol. The molecular formula is C24H23N3O6S. The van der Waals surface area contributed by atoms with Gasteiger partial charge in [0.2, 0.25) is 0 Å². The number of fused-ring (bicyclic) bond motifs is 3. The Morgan fingerprint density at radius 1 is 1.09 bits per heavy atom. The van der Waals surface area contributed by atoms with E-state index in [-0.39, 0.29) is 36.5 Å². The Kier molecular flexibility index (Phi) is 7.19. The van der Waals surface area contributed by atoms with E-state index in [1.54, 1.807) is 0 Å². The molecule has 0 unspecified atom stereocenters. The summed E-state index contributed by atoms with van der Waals surface area (Å²) in [7, 11) is 1.46. The number of amides is 2. The number of nitrogens with one attached hydrogen (secondary N) is 1. The molecule has 0 spiro atoms. The number of benzene rings is 2. The Hall–Kier alpha value is -3.76. The zero-order valence-corrected chi connectivity index (χ0v) is 19.2. The van der Waals surface area contributed by atoms with Gasteiger partial charge in [-0.1, -0.05) is 48.5 Å². The molecule has 0 atom stereocenters. The fraction of sp³-hybridized carbons (Fsp3) is 0.250. The van der Waals surface area contributed by atoms with E-state index in [0.717, 1.165) is 38.5 Å². The Morgan fingerprint density at radius 3 is 2.35 bits per heavy atom. The minimum atomic E-state index is -1.14. The lowest BCUT2D eigenvalue weighted by Crippen LogP contribution is -2.38. The first-order chi connectivity index (χ1) is 16.5. The summed E-state index contributed by atoms with van der Waals surface area (Å²) in [5.74, 6) is -1.77. The smallest absolute Gasteiger partial charge is 0.413 e. The number of aromatic nitrogens is 1. The van der Waals surface area contributed by atoms with Crippen molar-refractivity contribution in [2.45, 2.75) is 5.92 Å². The predicted octanol–water partition coefficient (Wildman–Crippen LogP) is 3.68. The zero-order chi connectivity index (χ0) is 24.1. The van der Waals surface area contributed by atoms with E-state index in [2.05, 4.69) is 22.4 Å². The van der Waals surface area contributed by atoms with Crippen LogP contribution in [-0.4, -0.2) is 66.4 Å². The molecule has 10 heteroatoms. The number of aliphatic carboxylic acids is 1. The van der Waals surface area contributed by atoms with Crippen LogP contribution in [0.4, 0.5) is 9.93 Å². The third-order valence-corrected chi connectivity index (χ3v) is 6.21. The minimum absolute atomic E-state index is 0.0382. The van der Waals surface area contributed by atoms with Crippen LogP contribution in [0.3, 0.4) is 0 Å². The second-order valence-electron chi connectivity index (χ2n) is 7.60. The second-order valence-corrected chi connectivity index (χ2v) is 8.46. The lowest BCUT2D eigenvalue weighted by atomic mass is 9.98. The van der Waals surface area contributed by atoms with Gasteiger partial charge in [-0.3, -0.25) is 14.9 Å². The Morgan fingerprint density at radius 2 is 1.74 bits per heavy atom. The van der Waals surface area contributed by atoms with Crippen molar-refractivity contribution >= 4 is 34.4 Å². The van der Waals surface area contributed by atoms with Gasteiger partial charge in [-0.05, 0) is 22.3 Å². The molecule has 2 amide bonds. The fourth-order valence-electron chi connectivity index (χ4n) is 3.93. The van der Waals surface area contributed by atoms with Gasteiger partial charge >= 0.3 is 12.1 Å². The molecule has 176 valence electrons. The Bertz CT molecular complexity index is 1170. The molecule has 0 radical (unpaired) electrons. The van der Waals surface area contributed by atoms with Gasteiger partial charge in [-0.25, -0.2) is 9.78 Å². The topological polar surface area (TPSA) is 118 Å². The highest BCUT2D eigenvalue weighted by Crippen LogP contribution is 2.44. The number of thiazole rings is 1. The van der Waals surface area contributed by atoms with E-state index in [1.165, 1.54) is 12.5 Å². The van der Waals surface area contributed by atoms with E-state index < -0.39 is 24.5 Å². The van der Waals surface area contributed by atoms with Gasteiger partial charge in [-0.15, -0.1) is 11.3 Å². The molecular weight excluding hydrogens is 458 g/mol. The quantitative estimate of drug-likeness (QED) is 0.479. The number of rotatable bonds is 9. The van der Waals surface area contributed by atoms with Crippen LogP contribution in [0.25, 0.3) is 11.1 Å². The summed E-state index contributed by atoms with van der Waals surface area (Å²) in [4.78, 5) is 41.4. The summed E-state index contributed by atoms with van der Waals surface area (Å²) >= 11 is 1.05. The van der Waals surface area contributed by atoms with Crippen LogP contribution >= 0.6 is 11.3 Å². The molecule has 0 bridgehead atoms. The minimum Gasteiger partial charge on any atom is -0.480 e. The monoisotopic (exact) mass is 481 g/mol. The Labute approximate surface area is 199 Å². The normalized spacial score (nSPS) is 12.0. The van der Waals surface area contributed by atoms with Gasteiger partial charge in [0.25, 0.3) is 5.91 Å². The van der Waals surface area contributed by atoms with Crippen LogP contribution < -0.4 is 5.32 Å². The number of ether oxygens (including phenoxy) is 2. The molecule has 3 aromatic rings. The molecule has 1 aromatic heterocycles. The van der Waals surface area contributed by atoms with Crippen molar-refractivity contribution < 1.29 is 29.0 Å². The van der Waals surface area contributed by atoms with E-state index in [4.69, 9.17) is 14.6 Å². The van der Waals surface area contributed by atoms with Gasteiger partial charge < -0.3 is 19.5 Å². The third-order valence-electron chi connectivity index (χ3n) is 5.45. The van der Waals surface area contributed by atoms with Crippen LogP contribution in [0.2, 0.25) is 0 Å². The van der Waals surface area contributed by atoms with Gasteiger partial charge in [0, 0.05) is 25.0 Å². The van der Waals surface area contributed by atoms with Crippen LogP contribution in [0, 0.1) is 0 Å². The van der Waals surface area contributed by atoms with E-state index in [0.29, 0.717) is 0 Å². The lowest BCUT2D eigenvalue weighted by Gasteiger charge is -2.18. The summed E-state index contributed by atoms with van der Waals surface area (Å²) in [5.41, 5.74) is 4.52. The molecule has 0 saturated carbocycles. The number of anilines is 1. The first kappa shape index (κ1) is 23.4. The number of nitrogens with zero attached hydrogens (tertiary/aromatic N) is 2. The maximum atomic E-state index is 12.6. The first-order valence-corrected chi connectivity index (χ1v) is 11.4. The van der Waals surface area contributed by atoms with Crippen LogP contribution in [0.15, 0.2) is 53.9 Å². The van der Waals surface area contributed by atoms with Crippen molar-refractivity contribution in [3.05, 3.63) is 70.7 Å². The molecule has 0 aliphatic heterocycles. The maximum Gasteiger partial charge on any atom is 0.413 e. The molecule has 34 heavy (non-hydrogen) atoms. The van der Waals surface area contributed by atoms with Crippen molar-refractivity contribution in [1.29, 1.82) is 0 Å². The molecule has 4 rings (SSSR count). The van der Waals surface area contributed by atoms with E-state index in [1.807, 2.05) is 36.4 Å². The second kappa shape index (κ2) is 10.4. The average Bonchev–Trinajstić information content (AvgIpc) is 3.42. The standard InChI is InChI=1S/C24H23N3O6S/c1-32-11-10-27(12-21(28)29)22(30)20-14-34-23(25-20)26-24(31)33-13-19-17-8-4-2-6-15(17)16-7-3-5-9-18(16)19/h2-9,14,19H,10-13H2,1H3,(H,28,29)(H,25,26,31). The van der Waals surface area contributed by atoms with Crippen molar-refractivity contribution in [3.63, 3.8) is 0 Å². The molecule has 2 aromatic carbocycles. The molecule has 0 fully saturated rings. The molecule has 1 aliphatic carbocycles. The van der Waals surface area contributed by atoms with Crippen LogP contribution in [0.5, 0.6) is 0 Å². The number of methoxy groups -OCH3 is 1. The number of hydrogen-bond acceptors (Lipinski definition) is 7. The summed E-state index contributed by atoms with van der Waals surface area (Å²) < 4.78 is 10.4. The number of carbonyl (C=O) groups is 3. The molecule has 1 heterocycles. The van der Waals surface area contributed by atoms with Crippen molar-refractivity contribution in [1.82, 2.24) is 9.88 Å². The van der Waals surface area contributed by atoms with Crippen LogP contribution in [0.1, 0.15) is 27.5 Å². The molecule has 1 aliphatic rings. The third kappa shape index (κ3) is 5.08. The van der Waals surface area contributed by atoms with E-state index >= 15 is 0 Å². The molecule has 0 saturated heterocycles. The zero-order valence-electron chi connectivity index (χ0n) is 18.4. The molecule has 9 nitrogen and oxygen atoms in total. The van der Waals surface area contributed by atoms with Crippen LogP contribution in [-0.2, 0) is 14.3 Å². The lowest BCUT2D eigenvalue weighted by molar-refractivity contribution is -0.137. The van der Waals surface area contributed by atoms with E-state index in [9.17, 15) is 14.4 Å². The number of hydrogen-bond donors (Lipinski definition) is 2. The van der Waals surface area contributed by atoms with Gasteiger partial charge in [0.1, 0.15) is 18.8 Å². The summed E-state index contributed by atoms with van der Waals surface area (Å²) in [6.45, 7) is -0.0302. The average molecular weight is 482 g/mol. The van der Waals surface area contributed by atoms with Crippen molar-refractivity contribution in [3.8, 4) is 11.1 Å². The summed E-state index contributed by atoms with van der Waals surface area (Å²) in [5, 5.41) is 13.2. The first-order valence-electron chi connectivity index (χ1n) is 10.6. The van der Waals surface area contributed by atoms with Crippen molar-refractivity contribution in [2.75, 3.05) is 38.7 Å². The van der Waals surface area contributed by atoms with Gasteiger partial charge in [0.15, 0.2) is 5.13 Å². The largest absolute Gasteiger partial charge is 0.480 e. The fourth-order valence-corrected chi connectivity index (χ4v) is 4.60. The van der Waals surface area contributed by atoms with Gasteiger partial charge in [0.05, 0.1) is 6.61 Å². The number of carbonyl (C=O) groups excluding carboxylic acids is 2. The summed E-state index contributed by atoms with van der Waals surface area (Å²) in [6, 6.07) is 16.1. The number of carboxylic acid groups (broad SMARTS) is 1. The highest BCUT2D eigenvalue weighted by Gasteiger charge is 2.29.